The van der Waals surface area contributed by atoms with Gasteiger partial charge in [0, 0.05) is 55.9 Å². The zero-order valence-corrected chi connectivity index (χ0v) is 18.4. The van der Waals surface area contributed by atoms with E-state index in [9.17, 15) is 9.59 Å². The molecule has 1 atom stereocenters. The molecule has 0 aromatic carbocycles. The molecule has 0 radical (unpaired) electrons. The number of H-pyrrole nitrogens is 1. The molecule has 4 fully saturated rings. The summed E-state index contributed by atoms with van der Waals surface area (Å²) in [4.78, 5) is 36.5. The smallest absolute Gasteiger partial charge is 0.269 e. The van der Waals surface area contributed by atoms with E-state index in [1.807, 2.05) is 19.1 Å². The predicted molar refractivity (Wildman–Crippen MR) is 121 cm³/mol. The summed E-state index contributed by atoms with van der Waals surface area (Å²) < 4.78 is 0. The van der Waals surface area contributed by atoms with Crippen LogP contribution < -0.4 is 15.8 Å². The number of amides is 1. The minimum absolute atomic E-state index is 0.0859. The normalized spacial score (nSPS) is 27.7. The van der Waals surface area contributed by atoms with Gasteiger partial charge in [0.15, 0.2) is 0 Å². The van der Waals surface area contributed by atoms with Gasteiger partial charge >= 0.3 is 0 Å². The fourth-order valence-electron chi connectivity index (χ4n) is 5.98. The highest BCUT2D eigenvalue weighted by Crippen LogP contribution is 2.61. The van der Waals surface area contributed by atoms with Gasteiger partial charge in [-0.25, -0.2) is 4.98 Å². The largest absolute Gasteiger partial charge is 0.368 e. The van der Waals surface area contributed by atoms with E-state index in [4.69, 9.17) is 0 Å². The molecule has 7 nitrogen and oxygen atoms in total. The van der Waals surface area contributed by atoms with Crippen molar-refractivity contribution < 1.29 is 4.79 Å². The van der Waals surface area contributed by atoms with Crippen molar-refractivity contribution in [2.75, 3.05) is 38.1 Å². The summed E-state index contributed by atoms with van der Waals surface area (Å²) in [5.74, 6) is 1.03. The molecule has 2 aromatic heterocycles. The molecule has 1 amide bonds. The van der Waals surface area contributed by atoms with Gasteiger partial charge in [-0.1, -0.05) is 13.0 Å². The molecule has 164 valence electrons. The number of hydrogen-bond donors (Lipinski definition) is 2. The first-order chi connectivity index (χ1) is 15.0. The lowest BCUT2D eigenvalue weighted by Gasteiger charge is -2.51. The van der Waals surface area contributed by atoms with E-state index in [1.54, 1.807) is 19.3 Å². The van der Waals surface area contributed by atoms with Crippen molar-refractivity contribution in [3.8, 4) is 0 Å². The number of aromatic amines is 1. The van der Waals surface area contributed by atoms with Gasteiger partial charge in [-0.15, -0.1) is 0 Å². The SMILES string of the molecule is CCc1ccc(C2CC3(N4CCN(c5ccc(C(=O)NC)nc5)CC4)CC2C3)[nH]c1=O. The summed E-state index contributed by atoms with van der Waals surface area (Å²) >= 11 is 0. The van der Waals surface area contributed by atoms with Crippen LogP contribution in [0.3, 0.4) is 0 Å². The maximum absolute atomic E-state index is 12.3. The molecule has 31 heavy (non-hydrogen) atoms. The van der Waals surface area contributed by atoms with Gasteiger partial charge in [-0.05, 0) is 49.8 Å². The summed E-state index contributed by atoms with van der Waals surface area (Å²) in [6.45, 7) is 6.06. The Morgan fingerprint density at radius 2 is 1.94 bits per heavy atom. The Morgan fingerprint density at radius 3 is 2.55 bits per heavy atom. The van der Waals surface area contributed by atoms with Crippen LogP contribution in [-0.2, 0) is 6.42 Å². The van der Waals surface area contributed by atoms with Crippen LogP contribution >= 0.6 is 0 Å². The molecular weight excluding hydrogens is 390 g/mol. The number of anilines is 1. The third kappa shape index (κ3) is 3.45. The van der Waals surface area contributed by atoms with Gasteiger partial charge in [0.25, 0.3) is 11.5 Å². The molecular formula is C24H31N5O2. The van der Waals surface area contributed by atoms with E-state index in [-0.39, 0.29) is 11.5 Å². The Kier molecular flexibility index (Phi) is 5.08. The molecule has 0 spiro atoms. The third-order valence-electron chi connectivity index (χ3n) is 7.77. The second-order valence-electron chi connectivity index (χ2n) is 9.28. The number of aromatic nitrogens is 2. The fraction of sp³-hybridized carbons (Fsp3) is 0.542. The van der Waals surface area contributed by atoms with Crippen LogP contribution in [0.2, 0.25) is 0 Å². The molecule has 6 rings (SSSR count). The number of piperazine rings is 1. The van der Waals surface area contributed by atoms with E-state index >= 15 is 0 Å². The summed E-state index contributed by atoms with van der Waals surface area (Å²) in [6.07, 6.45) is 6.23. The maximum Gasteiger partial charge on any atom is 0.269 e. The average Bonchev–Trinajstić information content (AvgIpc) is 3.36. The van der Waals surface area contributed by atoms with Gasteiger partial charge in [-0.3, -0.25) is 14.5 Å². The quantitative estimate of drug-likeness (QED) is 0.773. The highest BCUT2D eigenvalue weighted by atomic mass is 16.1. The molecule has 3 aliphatic carbocycles. The lowest BCUT2D eigenvalue weighted by atomic mass is 9.74. The van der Waals surface area contributed by atoms with Crippen molar-refractivity contribution in [2.24, 2.45) is 5.92 Å². The zero-order chi connectivity index (χ0) is 21.6. The zero-order valence-electron chi connectivity index (χ0n) is 18.4. The van der Waals surface area contributed by atoms with Crippen molar-refractivity contribution in [2.45, 2.75) is 44.1 Å². The number of hydrogen-bond acceptors (Lipinski definition) is 5. The Hall–Kier alpha value is -2.67. The van der Waals surface area contributed by atoms with Crippen molar-refractivity contribution in [1.82, 2.24) is 20.2 Å². The molecule has 2 aromatic rings. The predicted octanol–water partition coefficient (Wildman–Crippen LogP) is 2.15. The second kappa shape index (κ2) is 7.79. The van der Waals surface area contributed by atoms with Gasteiger partial charge in [-0.2, -0.15) is 0 Å². The van der Waals surface area contributed by atoms with Gasteiger partial charge in [0.05, 0.1) is 11.9 Å². The van der Waals surface area contributed by atoms with Crippen LogP contribution in [0.25, 0.3) is 0 Å². The van der Waals surface area contributed by atoms with Crippen LogP contribution in [0.4, 0.5) is 5.69 Å². The summed E-state index contributed by atoms with van der Waals surface area (Å²) in [7, 11) is 1.62. The highest BCUT2D eigenvalue weighted by Gasteiger charge is 2.59. The minimum Gasteiger partial charge on any atom is -0.368 e. The number of rotatable bonds is 5. The molecule has 3 heterocycles. The fourth-order valence-corrected chi connectivity index (χ4v) is 5.98. The second-order valence-corrected chi connectivity index (χ2v) is 9.28. The number of pyridine rings is 2. The van der Waals surface area contributed by atoms with Crippen molar-refractivity contribution >= 4 is 11.6 Å². The topological polar surface area (TPSA) is 81.3 Å². The number of carbonyl (C=O) groups is 1. The van der Waals surface area contributed by atoms with Gasteiger partial charge in [0.1, 0.15) is 5.69 Å². The van der Waals surface area contributed by atoms with E-state index < -0.39 is 0 Å². The first-order valence-corrected chi connectivity index (χ1v) is 11.4. The molecule has 4 aliphatic rings. The van der Waals surface area contributed by atoms with E-state index in [0.29, 0.717) is 23.1 Å². The first kappa shape index (κ1) is 20.2. The molecule has 2 bridgehead atoms. The Morgan fingerprint density at radius 1 is 1.16 bits per heavy atom. The molecule has 2 N–H and O–H groups in total. The number of fused-ring (bicyclic) bond motifs is 1. The van der Waals surface area contributed by atoms with Crippen molar-refractivity contribution in [3.63, 3.8) is 0 Å². The Balaban J connectivity index is 1.21. The Labute approximate surface area is 182 Å². The number of carbonyl (C=O) groups excluding carboxylic acids is 1. The maximum atomic E-state index is 12.3. The number of nitrogens with zero attached hydrogens (tertiary/aromatic N) is 3. The van der Waals surface area contributed by atoms with E-state index in [1.165, 1.54) is 12.8 Å². The number of aryl methyl sites for hydroxylation is 1. The molecule has 1 saturated heterocycles. The Bertz CT molecular complexity index is 1020. The van der Waals surface area contributed by atoms with Gasteiger partial charge < -0.3 is 15.2 Å². The standard InChI is InChI=1S/C24H31N5O2/c1-3-16-4-6-20(27-22(16)30)19-14-24(12-17(19)13-24)29-10-8-28(9-11-29)18-5-7-21(26-15-18)23(31)25-2/h4-7,15,17,19H,3,8-14H2,1-2H3,(H,25,31)(H,27,30). The van der Waals surface area contributed by atoms with Crippen LogP contribution in [0, 0.1) is 5.92 Å². The van der Waals surface area contributed by atoms with Crippen molar-refractivity contribution in [3.05, 3.63) is 57.8 Å². The highest BCUT2D eigenvalue weighted by molar-refractivity contribution is 5.92. The van der Waals surface area contributed by atoms with Crippen molar-refractivity contribution in [1.29, 1.82) is 0 Å². The van der Waals surface area contributed by atoms with Gasteiger partial charge in [0.2, 0.25) is 0 Å². The van der Waals surface area contributed by atoms with E-state index in [0.717, 1.165) is 56.0 Å². The van der Waals surface area contributed by atoms with Crippen LogP contribution in [0.15, 0.2) is 35.3 Å². The van der Waals surface area contributed by atoms with Crippen LogP contribution in [0.5, 0.6) is 0 Å². The summed E-state index contributed by atoms with van der Waals surface area (Å²) in [5.41, 5.74) is 3.93. The molecule has 3 saturated carbocycles. The lowest BCUT2D eigenvalue weighted by Crippen LogP contribution is -2.59. The molecule has 7 heteroatoms. The lowest BCUT2D eigenvalue weighted by molar-refractivity contribution is 0.0216. The third-order valence-corrected chi connectivity index (χ3v) is 7.77. The monoisotopic (exact) mass is 421 g/mol. The molecule has 1 aliphatic heterocycles. The first-order valence-electron chi connectivity index (χ1n) is 11.4. The summed E-state index contributed by atoms with van der Waals surface area (Å²) in [6, 6.07) is 7.94. The summed E-state index contributed by atoms with van der Waals surface area (Å²) in [5, 5.41) is 2.61. The minimum atomic E-state index is -0.156. The molecule has 1 unspecified atom stereocenters. The average molecular weight is 422 g/mol. The van der Waals surface area contributed by atoms with Crippen LogP contribution in [0.1, 0.15) is 53.8 Å². The van der Waals surface area contributed by atoms with Crippen LogP contribution in [-0.4, -0.2) is 59.5 Å². The number of nitrogens with one attached hydrogen (secondary N) is 2. The van der Waals surface area contributed by atoms with E-state index in [2.05, 4.69) is 31.2 Å².